The first-order valence-electron chi connectivity index (χ1n) is 9.30. The second-order valence-electron chi connectivity index (χ2n) is 6.76. The molecule has 1 N–H and O–H groups in total. The molecule has 0 bridgehead atoms. The fourth-order valence-corrected chi connectivity index (χ4v) is 3.32. The van der Waals surface area contributed by atoms with Crippen LogP contribution >= 0.6 is 0 Å². The van der Waals surface area contributed by atoms with E-state index in [2.05, 4.69) is 15.3 Å². The molecule has 0 saturated carbocycles. The fraction of sp³-hybridized carbons (Fsp3) is 0.450. The van der Waals surface area contributed by atoms with E-state index in [0.29, 0.717) is 26.2 Å². The number of anilines is 1. The SMILES string of the molecule is COCCNC(=O)[C@@H]1CCCN(c2cnn(Cc3ccccc3)c(=O)c2)C1. The van der Waals surface area contributed by atoms with Gasteiger partial charge in [0.2, 0.25) is 5.91 Å². The van der Waals surface area contributed by atoms with E-state index in [1.54, 1.807) is 19.4 Å². The van der Waals surface area contributed by atoms with Gasteiger partial charge in [-0.05, 0) is 18.4 Å². The Bertz CT molecular complexity index is 806. The maximum absolute atomic E-state index is 12.5. The normalized spacial score (nSPS) is 16.9. The third kappa shape index (κ3) is 5.17. The summed E-state index contributed by atoms with van der Waals surface area (Å²) in [5, 5.41) is 7.23. The highest BCUT2D eigenvalue weighted by Crippen LogP contribution is 2.21. The minimum absolute atomic E-state index is 0.0436. The second kappa shape index (κ2) is 9.32. The maximum atomic E-state index is 12.5. The van der Waals surface area contributed by atoms with Crippen LogP contribution in [-0.4, -0.2) is 49.0 Å². The minimum atomic E-state index is -0.136. The van der Waals surface area contributed by atoms with E-state index in [-0.39, 0.29) is 17.4 Å². The van der Waals surface area contributed by atoms with Gasteiger partial charge >= 0.3 is 0 Å². The standard InChI is InChI=1S/C20H26N4O3/c1-27-11-9-21-20(26)17-8-5-10-23(15-17)18-12-19(25)24(22-13-18)14-16-6-3-2-4-7-16/h2-4,6-7,12-13,17H,5,8-11,14-15H2,1H3,(H,21,26)/t17-/m1/s1. The van der Waals surface area contributed by atoms with E-state index in [1.807, 2.05) is 30.3 Å². The molecule has 0 radical (unpaired) electrons. The van der Waals surface area contributed by atoms with Crippen molar-refractivity contribution in [3.63, 3.8) is 0 Å². The smallest absolute Gasteiger partial charge is 0.269 e. The number of benzene rings is 1. The van der Waals surface area contributed by atoms with E-state index in [0.717, 1.165) is 30.6 Å². The average molecular weight is 370 g/mol. The van der Waals surface area contributed by atoms with Gasteiger partial charge in [0.05, 0.1) is 31.0 Å². The molecule has 1 fully saturated rings. The third-order valence-corrected chi connectivity index (χ3v) is 4.79. The Morgan fingerprint density at radius 1 is 1.33 bits per heavy atom. The number of hydrogen-bond acceptors (Lipinski definition) is 5. The Kier molecular flexibility index (Phi) is 6.59. The van der Waals surface area contributed by atoms with Gasteiger partial charge in [0.15, 0.2) is 0 Å². The quantitative estimate of drug-likeness (QED) is 0.743. The van der Waals surface area contributed by atoms with Crippen LogP contribution < -0.4 is 15.8 Å². The van der Waals surface area contributed by atoms with Crippen LogP contribution in [0.5, 0.6) is 0 Å². The summed E-state index contributed by atoms with van der Waals surface area (Å²) in [6, 6.07) is 11.4. The van der Waals surface area contributed by atoms with Gasteiger partial charge < -0.3 is 15.0 Å². The van der Waals surface area contributed by atoms with Gasteiger partial charge in [0.1, 0.15) is 0 Å². The molecule has 0 aliphatic carbocycles. The van der Waals surface area contributed by atoms with Crippen LogP contribution in [0.1, 0.15) is 18.4 Å². The summed E-state index contributed by atoms with van der Waals surface area (Å²) in [5.74, 6) is -0.0375. The number of ether oxygens (including phenoxy) is 1. The molecule has 1 aromatic carbocycles. The highest BCUT2D eigenvalue weighted by Gasteiger charge is 2.26. The second-order valence-corrected chi connectivity index (χ2v) is 6.76. The van der Waals surface area contributed by atoms with Crippen molar-refractivity contribution in [2.75, 3.05) is 38.3 Å². The summed E-state index contributed by atoms with van der Waals surface area (Å²) in [7, 11) is 1.61. The Hall–Kier alpha value is -2.67. The summed E-state index contributed by atoms with van der Waals surface area (Å²) < 4.78 is 6.42. The zero-order valence-corrected chi connectivity index (χ0v) is 15.6. The van der Waals surface area contributed by atoms with Gasteiger partial charge in [-0.1, -0.05) is 30.3 Å². The molecular weight excluding hydrogens is 344 g/mol. The van der Waals surface area contributed by atoms with Crippen molar-refractivity contribution in [2.24, 2.45) is 5.92 Å². The molecule has 1 saturated heterocycles. The average Bonchev–Trinajstić information content (AvgIpc) is 2.70. The molecule has 2 aromatic rings. The lowest BCUT2D eigenvalue weighted by atomic mass is 9.97. The molecule has 1 atom stereocenters. The maximum Gasteiger partial charge on any atom is 0.269 e. The molecule has 1 aliphatic heterocycles. The Labute approximate surface area is 158 Å². The molecule has 1 aliphatic rings. The molecule has 0 unspecified atom stereocenters. The van der Waals surface area contributed by atoms with Crippen LogP contribution in [0.25, 0.3) is 0 Å². The van der Waals surface area contributed by atoms with E-state index < -0.39 is 0 Å². The highest BCUT2D eigenvalue weighted by atomic mass is 16.5. The molecule has 27 heavy (non-hydrogen) atoms. The number of aromatic nitrogens is 2. The lowest BCUT2D eigenvalue weighted by Crippen LogP contribution is -2.44. The molecule has 7 heteroatoms. The van der Waals surface area contributed by atoms with Gasteiger partial charge in [-0.15, -0.1) is 0 Å². The molecule has 7 nitrogen and oxygen atoms in total. The zero-order valence-electron chi connectivity index (χ0n) is 15.6. The van der Waals surface area contributed by atoms with Crippen molar-refractivity contribution in [1.82, 2.24) is 15.1 Å². The molecular formula is C20H26N4O3. The van der Waals surface area contributed by atoms with Crippen LogP contribution in [0.15, 0.2) is 47.4 Å². The third-order valence-electron chi connectivity index (χ3n) is 4.79. The van der Waals surface area contributed by atoms with E-state index in [9.17, 15) is 9.59 Å². The summed E-state index contributed by atoms with van der Waals surface area (Å²) in [6.45, 7) is 2.90. The van der Waals surface area contributed by atoms with Gasteiger partial charge in [0.25, 0.3) is 5.56 Å². The van der Waals surface area contributed by atoms with Crippen LogP contribution in [0, 0.1) is 5.92 Å². The van der Waals surface area contributed by atoms with E-state index in [1.165, 1.54) is 4.68 Å². The van der Waals surface area contributed by atoms with E-state index >= 15 is 0 Å². The molecule has 1 amide bonds. The van der Waals surface area contributed by atoms with Crippen LogP contribution in [-0.2, 0) is 16.1 Å². The number of nitrogens with one attached hydrogen (secondary N) is 1. The Morgan fingerprint density at radius 3 is 2.89 bits per heavy atom. The van der Waals surface area contributed by atoms with Crippen molar-refractivity contribution in [2.45, 2.75) is 19.4 Å². The van der Waals surface area contributed by atoms with Crippen molar-refractivity contribution in [1.29, 1.82) is 0 Å². The fourth-order valence-electron chi connectivity index (χ4n) is 3.32. The van der Waals surface area contributed by atoms with Crippen molar-refractivity contribution in [3.05, 3.63) is 58.5 Å². The van der Waals surface area contributed by atoms with Crippen molar-refractivity contribution in [3.8, 4) is 0 Å². The summed E-state index contributed by atoms with van der Waals surface area (Å²) in [6.07, 6.45) is 3.48. The van der Waals surface area contributed by atoms with Crippen LogP contribution in [0.2, 0.25) is 0 Å². The predicted octanol–water partition coefficient (Wildman–Crippen LogP) is 1.27. The number of methoxy groups -OCH3 is 1. The number of piperidine rings is 1. The molecule has 1 aromatic heterocycles. The number of rotatable bonds is 7. The number of carbonyl (C=O) groups excluding carboxylic acids is 1. The van der Waals surface area contributed by atoms with E-state index in [4.69, 9.17) is 4.74 Å². The molecule has 3 rings (SSSR count). The zero-order chi connectivity index (χ0) is 19.1. The summed E-state index contributed by atoms with van der Waals surface area (Å²) in [5.41, 5.74) is 1.67. The highest BCUT2D eigenvalue weighted by molar-refractivity contribution is 5.79. The number of amides is 1. The number of carbonyl (C=O) groups is 1. The predicted molar refractivity (Wildman–Crippen MR) is 104 cm³/mol. The number of nitrogens with zero attached hydrogens (tertiary/aromatic N) is 3. The largest absolute Gasteiger partial charge is 0.383 e. The first-order valence-corrected chi connectivity index (χ1v) is 9.30. The van der Waals surface area contributed by atoms with Crippen molar-refractivity contribution < 1.29 is 9.53 Å². The first kappa shape index (κ1) is 19.1. The topological polar surface area (TPSA) is 76.5 Å². The number of hydrogen-bond donors (Lipinski definition) is 1. The van der Waals surface area contributed by atoms with Gasteiger partial charge in [-0.3, -0.25) is 9.59 Å². The Balaban J connectivity index is 1.64. The monoisotopic (exact) mass is 370 g/mol. The summed E-state index contributed by atoms with van der Waals surface area (Å²) in [4.78, 5) is 26.8. The lowest BCUT2D eigenvalue weighted by molar-refractivity contribution is -0.125. The molecule has 144 valence electrons. The van der Waals surface area contributed by atoms with Gasteiger partial charge in [0, 0.05) is 32.8 Å². The lowest BCUT2D eigenvalue weighted by Gasteiger charge is -2.33. The Morgan fingerprint density at radius 2 is 2.15 bits per heavy atom. The first-order chi connectivity index (χ1) is 13.2. The molecule has 2 heterocycles. The minimum Gasteiger partial charge on any atom is -0.383 e. The van der Waals surface area contributed by atoms with Gasteiger partial charge in [-0.2, -0.15) is 5.10 Å². The summed E-state index contributed by atoms with van der Waals surface area (Å²) >= 11 is 0. The van der Waals surface area contributed by atoms with Gasteiger partial charge in [-0.25, -0.2) is 4.68 Å². The van der Waals surface area contributed by atoms with Crippen molar-refractivity contribution >= 4 is 11.6 Å². The van der Waals surface area contributed by atoms with Crippen LogP contribution in [0.3, 0.4) is 0 Å². The van der Waals surface area contributed by atoms with Crippen LogP contribution in [0.4, 0.5) is 5.69 Å². The molecule has 0 spiro atoms.